The van der Waals surface area contributed by atoms with Crippen LogP contribution in [0.1, 0.15) is 30.9 Å². The number of rotatable bonds is 2. The van der Waals surface area contributed by atoms with Crippen molar-refractivity contribution < 1.29 is 23.9 Å². The van der Waals surface area contributed by atoms with Crippen molar-refractivity contribution in [2.45, 2.75) is 38.5 Å². The smallest absolute Gasteiger partial charge is 0.336 e. The van der Waals surface area contributed by atoms with Crippen molar-refractivity contribution >= 4 is 17.8 Å². The highest BCUT2D eigenvalue weighted by Crippen LogP contribution is 2.46. The van der Waals surface area contributed by atoms with Gasteiger partial charge in [-0.05, 0) is 24.5 Å². The molecule has 2 heterocycles. The number of cyclic esters (lactones) is 1. The lowest BCUT2D eigenvalue weighted by molar-refractivity contribution is -0.152. The van der Waals surface area contributed by atoms with Crippen LogP contribution in [0.5, 0.6) is 0 Å². The van der Waals surface area contributed by atoms with Gasteiger partial charge in [0.25, 0.3) is 12.2 Å². The second kappa shape index (κ2) is 5.58. The van der Waals surface area contributed by atoms with E-state index in [0.29, 0.717) is 17.6 Å². The van der Waals surface area contributed by atoms with Crippen LogP contribution in [0.3, 0.4) is 0 Å². The van der Waals surface area contributed by atoms with Crippen LogP contribution in [0.15, 0.2) is 47.7 Å². The van der Waals surface area contributed by atoms with E-state index in [9.17, 15) is 14.4 Å². The highest BCUT2D eigenvalue weighted by Gasteiger charge is 2.51. The molecule has 3 aliphatic rings. The van der Waals surface area contributed by atoms with E-state index in [2.05, 4.69) is 0 Å². The summed E-state index contributed by atoms with van der Waals surface area (Å²) in [5, 5.41) is 0. The van der Waals surface area contributed by atoms with Gasteiger partial charge in [-0.1, -0.05) is 24.3 Å². The van der Waals surface area contributed by atoms with Crippen LogP contribution < -0.4 is 0 Å². The maximum absolute atomic E-state index is 12.7. The zero-order valence-electron chi connectivity index (χ0n) is 13.9. The Morgan fingerprint density at radius 3 is 2.76 bits per heavy atom. The highest BCUT2D eigenvalue weighted by molar-refractivity contribution is 6.08. The van der Waals surface area contributed by atoms with Gasteiger partial charge in [-0.2, -0.15) is 0 Å². The zero-order valence-corrected chi connectivity index (χ0v) is 13.9. The number of imide groups is 1. The lowest BCUT2D eigenvalue weighted by Gasteiger charge is -2.19. The summed E-state index contributed by atoms with van der Waals surface area (Å²) in [6.45, 7) is 3.03. The Bertz CT molecular complexity index is 853. The molecule has 4 rings (SSSR count). The maximum atomic E-state index is 12.7. The van der Waals surface area contributed by atoms with Crippen LogP contribution in [0.2, 0.25) is 0 Å². The number of hydrogen-bond acceptors (Lipinski definition) is 5. The van der Waals surface area contributed by atoms with Gasteiger partial charge in [0.2, 0.25) is 5.91 Å². The van der Waals surface area contributed by atoms with Crippen LogP contribution in [-0.4, -0.2) is 35.0 Å². The molecule has 0 saturated carbocycles. The van der Waals surface area contributed by atoms with Gasteiger partial charge in [-0.25, -0.2) is 4.79 Å². The molecule has 0 bridgehead atoms. The van der Waals surface area contributed by atoms with Crippen LogP contribution in [-0.2, 0) is 30.3 Å². The van der Waals surface area contributed by atoms with Crippen molar-refractivity contribution in [3.63, 3.8) is 0 Å². The number of hydrogen-bond donors (Lipinski definition) is 0. The van der Waals surface area contributed by atoms with Gasteiger partial charge in [0, 0.05) is 24.5 Å². The Labute approximate surface area is 144 Å². The molecule has 1 saturated heterocycles. The molecule has 3 atom stereocenters. The van der Waals surface area contributed by atoms with Crippen LogP contribution >= 0.6 is 0 Å². The fraction of sp³-hybridized carbons (Fsp3) is 0.316. The van der Waals surface area contributed by atoms with Gasteiger partial charge in [-0.3, -0.25) is 14.5 Å². The number of nitrogens with zero attached hydrogens (tertiary/aromatic N) is 1. The lowest BCUT2D eigenvalue weighted by atomic mass is 9.94. The molecule has 1 fully saturated rings. The summed E-state index contributed by atoms with van der Waals surface area (Å²) in [5.41, 5.74) is 3.05. The molecular formula is C19H17NO5. The zero-order chi connectivity index (χ0) is 17.7. The SMILES string of the molecule is CC(=O)N1C(=O)/C(=C/OC2C=C(C)C(=O)O2)C2c3ccccc3CC21. The molecule has 128 valence electrons. The van der Waals surface area contributed by atoms with Crippen molar-refractivity contribution in [1.82, 2.24) is 4.90 Å². The number of likely N-dealkylation sites (tertiary alicyclic amines) is 1. The van der Waals surface area contributed by atoms with E-state index in [0.717, 1.165) is 11.1 Å². The third-order valence-corrected chi connectivity index (χ3v) is 4.94. The largest absolute Gasteiger partial charge is 0.458 e. The topological polar surface area (TPSA) is 72.9 Å². The fourth-order valence-electron chi connectivity index (χ4n) is 3.82. The minimum Gasteiger partial charge on any atom is -0.458 e. The van der Waals surface area contributed by atoms with Gasteiger partial charge in [0.1, 0.15) is 0 Å². The second-order valence-corrected chi connectivity index (χ2v) is 6.47. The number of benzene rings is 1. The van der Waals surface area contributed by atoms with E-state index in [4.69, 9.17) is 9.47 Å². The van der Waals surface area contributed by atoms with Crippen molar-refractivity contribution in [3.05, 3.63) is 58.9 Å². The molecule has 0 aromatic heterocycles. The van der Waals surface area contributed by atoms with Crippen molar-refractivity contribution in [2.24, 2.45) is 0 Å². The first-order chi connectivity index (χ1) is 12.0. The van der Waals surface area contributed by atoms with Crippen LogP contribution in [0.4, 0.5) is 0 Å². The van der Waals surface area contributed by atoms with E-state index in [1.54, 1.807) is 13.0 Å². The molecule has 2 amide bonds. The number of carbonyl (C=O) groups is 3. The monoisotopic (exact) mass is 339 g/mol. The fourth-order valence-corrected chi connectivity index (χ4v) is 3.82. The summed E-state index contributed by atoms with van der Waals surface area (Å²) >= 11 is 0. The molecule has 2 aliphatic heterocycles. The predicted octanol–water partition coefficient (Wildman–Crippen LogP) is 1.81. The van der Waals surface area contributed by atoms with E-state index >= 15 is 0 Å². The first kappa shape index (κ1) is 15.6. The van der Waals surface area contributed by atoms with Crippen molar-refractivity contribution in [1.29, 1.82) is 0 Å². The minimum atomic E-state index is -0.839. The highest BCUT2D eigenvalue weighted by atomic mass is 16.7. The van der Waals surface area contributed by atoms with Gasteiger partial charge in [0.15, 0.2) is 0 Å². The second-order valence-electron chi connectivity index (χ2n) is 6.47. The first-order valence-electron chi connectivity index (χ1n) is 8.14. The molecule has 0 spiro atoms. The molecule has 0 radical (unpaired) electrons. The normalized spacial score (nSPS) is 28.7. The predicted molar refractivity (Wildman–Crippen MR) is 87.0 cm³/mol. The van der Waals surface area contributed by atoms with E-state index < -0.39 is 12.3 Å². The Morgan fingerprint density at radius 2 is 2.08 bits per heavy atom. The van der Waals surface area contributed by atoms with Crippen molar-refractivity contribution in [2.75, 3.05) is 0 Å². The van der Waals surface area contributed by atoms with Gasteiger partial charge >= 0.3 is 5.97 Å². The third-order valence-electron chi connectivity index (χ3n) is 4.94. The number of carbonyl (C=O) groups excluding carboxylic acids is 3. The van der Waals surface area contributed by atoms with Crippen LogP contribution in [0.25, 0.3) is 0 Å². The van der Waals surface area contributed by atoms with Crippen LogP contribution in [0, 0.1) is 0 Å². The molecule has 3 unspecified atom stereocenters. The summed E-state index contributed by atoms with van der Waals surface area (Å²) in [4.78, 5) is 37.5. The molecule has 1 aliphatic carbocycles. The summed E-state index contributed by atoms with van der Waals surface area (Å²) in [7, 11) is 0. The Kier molecular flexibility index (Phi) is 3.49. The maximum Gasteiger partial charge on any atom is 0.336 e. The number of ether oxygens (including phenoxy) is 2. The minimum absolute atomic E-state index is 0.213. The Balaban J connectivity index is 1.68. The van der Waals surface area contributed by atoms with Gasteiger partial charge in [0.05, 0.1) is 17.9 Å². The summed E-state index contributed by atoms with van der Waals surface area (Å²) in [6.07, 6.45) is 2.70. The average Bonchev–Trinajstić information content (AvgIpc) is 3.16. The quantitative estimate of drug-likeness (QED) is 0.467. The molecule has 1 aromatic rings. The standard InChI is InChI=1S/C19H17NO5/c1-10-7-16(25-19(10)23)24-9-14-17-13-6-4-3-5-12(13)8-15(17)20(11(2)21)18(14)22/h3-7,9,15-17H,8H2,1-2H3/b14-9+. The number of esters is 1. The lowest BCUT2D eigenvalue weighted by Crippen LogP contribution is -2.38. The molecular weight excluding hydrogens is 322 g/mol. The molecule has 6 heteroatoms. The first-order valence-corrected chi connectivity index (χ1v) is 8.14. The third kappa shape index (κ3) is 2.36. The van der Waals surface area contributed by atoms with E-state index in [1.807, 2.05) is 24.3 Å². The summed E-state index contributed by atoms with van der Waals surface area (Å²) in [6, 6.07) is 7.64. The molecule has 6 nitrogen and oxygen atoms in total. The van der Waals surface area contributed by atoms with Gasteiger partial charge in [-0.15, -0.1) is 0 Å². The van der Waals surface area contributed by atoms with Crippen molar-refractivity contribution in [3.8, 4) is 0 Å². The number of amides is 2. The summed E-state index contributed by atoms with van der Waals surface area (Å²) in [5.74, 6) is -1.27. The van der Waals surface area contributed by atoms with Gasteiger partial charge < -0.3 is 9.47 Å². The Hall–Kier alpha value is -2.89. The molecule has 0 N–H and O–H groups in total. The number of fused-ring (bicyclic) bond motifs is 3. The molecule has 1 aromatic carbocycles. The summed E-state index contributed by atoms with van der Waals surface area (Å²) < 4.78 is 10.5. The van der Waals surface area contributed by atoms with E-state index in [1.165, 1.54) is 18.1 Å². The Morgan fingerprint density at radius 1 is 1.32 bits per heavy atom. The average molecular weight is 339 g/mol. The molecule has 25 heavy (non-hydrogen) atoms. The van der Waals surface area contributed by atoms with E-state index in [-0.39, 0.29) is 23.8 Å².